The summed E-state index contributed by atoms with van der Waals surface area (Å²) in [5.41, 5.74) is 0.102. The maximum Gasteiger partial charge on any atom is 0.141 e. The van der Waals surface area contributed by atoms with Crippen LogP contribution in [0.3, 0.4) is 0 Å². The zero-order valence-corrected chi connectivity index (χ0v) is 13.4. The van der Waals surface area contributed by atoms with E-state index in [0.29, 0.717) is 19.6 Å². The SMILES string of the molecule is CC(=O)[C@@]12C[C@](C#N)(N3CCOCC3)[C@@H]1Sc1ccccc12. The first-order valence-electron chi connectivity index (χ1n) is 7.66. The second-order valence-electron chi connectivity index (χ2n) is 6.33. The molecule has 2 aliphatic heterocycles. The van der Waals surface area contributed by atoms with Gasteiger partial charge in [0.1, 0.15) is 11.3 Å². The van der Waals surface area contributed by atoms with E-state index in [1.807, 2.05) is 12.1 Å². The number of thioether (sulfide) groups is 1. The van der Waals surface area contributed by atoms with Crippen LogP contribution in [0, 0.1) is 11.3 Å². The molecule has 2 heterocycles. The van der Waals surface area contributed by atoms with E-state index in [0.717, 1.165) is 23.5 Å². The number of hydrogen-bond acceptors (Lipinski definition) is 5. The molecule has 0 amide bonds. The lowest BCUT2D eigenvalue weighted by Crippen LogP contribution is -2.74. The molecular weight excluding hydrogens is 296 g/mol. The predicted molar refractivity (Wildman–Crippen MR) is 83.8 cm³/mol. The molecule has 0 radical (unpaired) electrons. The van der Waals surface area contributed by atoms with Crippen molar-refractivity contribution < 1.29 is 9.53 Å². The molecule has 1 aromatic carbocycles. The van der Waals surface area contributed by atoms with Crippen LogP contribution >= 0.6 is 11.8 Å². The Morgan fingerprint density at radius 3 is 2.82 bits per heavy atom. The van der Waals surface area contributed by atoms with Gasteiger partial charge in [-0.15, -0.1) is 11.8 Å². The summed E-state index contributed by atoms with van der Waals surface area (Å²) in [6.07, 6.45) is 0.612. The average Bonchev–Trinajstić information content (AvgIpc) is 2.81. The Balaban J connectivity index is 1.77. The third kappa shape index (κ3) is 1.58. The Morgan fingerprint density at radius 2 is 2.14 bits per heavy atom. The van der Waals surface area contributed by atoms with Crippen LogP contribution in [-0.4, -0.2) is 47.8 Å². The number of hydrogen-bond donors (Lipinski definition) is 0. The number of rotatable bonds is 2. The highest BCUT2D eigenvalue weighted by molar-refractivity contribution is 8.00. The molecule has 1 aliphatic carbocycles. The number of carbonyl (C=O) groups is 1. The molecule has 1 saturated carbocycles. The number of ether oxygens (including phenoxy) is 1. The smallest absolute Gasteiger partial charge is 0.141 e. The normalized spacial score (nSPS) is 36.8. The van der Waals surface area contributed by atoms with Crippen molar-refractivity contribution in [3.05, 3.63) is 29.8 Å². The van der Waals surface area contributed by atoms with Crippen molar-refractivity contribution in [3.63, 3.8) is 0 Å². The molecule has 3 atom stereocenters. The molecule has 22 heavy (non-hydrogen) atoms. The summed E-state index contributed by atoms with van der Waals surface area (Å²) in [6, 6.07) is 10.7. The lowest BCUT2D eigenvalue weighted by molar-refractivity contribution is -0.132. The van der Waals surface area contributed by atoms with E-state index in [9.17, 15) is 10.1 Å². The highest BCUT2D eigenvalue weighted by Gasteiger charge is 2.72. The molecule has 2 fully saturated rings. The highest BCUT2D eigenvalue weighted by Crippen LogP contribution is 2.66. The molecule has 3 aliphatic rings. The first kappa shape index (κ1) is 14.3. The van der Waals surface area contributed by atoms with Gasteiger partial charge < -0.3 is 4.74 Å². The second kappa shape index (κ2) is 4.82. The summed E-state index contributed by atoms with van der Waals surface area (Å²) in [6.45, 7) is 4.56. The van der Waals surface area contributed by atoms with Gasteiger partial charge >= 0.3 is 0 Å². The highest BCUT2D eigenvalue weighted by atomic mass is 32.2. The van der Waals surface area contributed by atoms with Crippen LogP contribution in [0.15, 0.2) is 29.2 Å². The fourth-order valence-electron chi connectivity index (χ4n) is 4.29. The minimum Gasteiger partial charge on any atom is -0.379 e. The lowest BCUT2D eigenvalue weighted by atomic mass is 9.52. The predicted octanol–water partition coefficient (Wildman–Crippen LogP) is 1.99. The lowest BCUT2D eigenvalue weighted by Gasteiger charge is -2.59. The van der Waals surface area contributed by atoms with Gasteiger partial charge in [0.05, 0.1) is 29.9 Å². The van der Waals surface area contributed by atoms with Gasteiger partial charge in [0.2, 0.25) is 0 Å². The number of Topliss-reactive ketones (excluding diaryl/α,β-unsaturated/α-hetero) is 1. The Hall–Kier alpha value is -1.35. The van der Waals surface area contributed by atoms with E-state index >= 15 is 0 Å². The Bertz CT molecular complexity index is 679. The molecule has 114 valence electrons. The zero-order valence-electron chi connectivity index (χ0n) is 12.5. The minimum absolute atomic E-state index is 0.00185. The topological polar surface area (TPSA) is 53.3 Å². The van der Waals surface area contributed by atoms with Crippen molar-refractivity contribution in [1.29, 1.82) is 5.26 Å². The summed E-state index contributed by atoms with van der Waals surface area (Å²) >= 11 is 1.71. The first-order chi connectivity index (χ1) is 10.6. The summed E-state index contributed by atoms with van der Waals surface area (Å²) < 4.78 is 5.43. The van der Waals surface area contributed by atoms with E-state index in [-0.39, 0.29) is 11.0 Å². The number of fused-ring (bicyclic) bond motifs is 3. The van der Waals surface area contributed by atoms with Crippen LogP contribution in [0.4, 0.5) is 0 Å². The molecular formula is C17H18N2O2S. The number of benzene rings is 1. The van der Waals surface area contributed by atoms with Crippen molar-refractivity contribution in [3.8, 4) is 6.07 Å². The standard InChI is InChI=1S/C17H18N2O2S/c1-12(20)17-10-16(11-18,19-6-8-21-9-7-19)15(17)22-14-5-3-2-4-13(14)17/h2-5,15H,6-10H2,1H3/t15-,16+,17+/m0/s1. The van der Waals surface area contributed by atoms with Crippen LogP contribution in [0.2, 0.25) is 0 Å². The molecule has 1 aromatic rings. The van der Waals surface area contributed by atoms with E-state index in [4.69, 9.17) is 4.74 Å². The van der Waals surface area contributed by atoms with E-state index in [2.05, 4.69) is 23.1 Å². The Labute approximate surface area is 134 Å². The molecule has 0 bridgehead atoms. The van der Waals surface area contributed by atoms with Gasteiger partial charge in [-0.1, -0.05) is 18.2 Å². The third-order valence-electron chi connectivity index (χ3n) is 5.44. The van der Waals surface area contributed by atoms with E-state index < -0.39 is 11.0 Å². The Kier molecular flexibility index (Phi) is 3.12. The summed E-state index contributed by atoms with van der Waals surface area (Å²) in [5, 5.41) is 9.95. The maximum absolute atomic E-state index is 12.5. The van der Waals surface area contributed by atoms with E-state index in [1.165, 1.54) is 0 Å². The molecule has 5 heteroatoms. The molecule has 0 N–H and O–H groups in total. The van der Waals surface area contributed by atoms with Crippen LogP contribution in [0.25, 0.3) is 0 Å². The van der Waals surface area contributed by atoms with Gasteiger partial charge in [0, 0.05) is 18.0 Å². The molecule has 1 saturated heterocycles. The van der Waals surface area contributed by atoms with Crippen LogP contribution in [0.5, 0.6) is 0 Å². The number of nitriles is 1. The monoisotopic (exact) mass is 314 g/mol. The quantitative estimate of drug-likeness (QED) is 0.835. The average molecular weight is 314 g/mol. The van der Waals surface area contributed by atoms with Gasteiger partial charge in [-0.2, -0.15) is 5.26 Å². The largest absolute Gasteiger partial charge is 0.379 e. The van der Waals surface area contributed by atoms with Crippen LogP contribution in [-0.2, 0) is 14.9 Å². The number of carbonyl (C=O) groups excluding carboxylic acids is 1. The van der Waals surface area contributed by atoms with Gasteiger partial charge in [-0.25, -0.2) is 0 Å². The number of nitrogens with zero attached hydrogens (tertiary/aromatic N) is 2. The number of ketones is 1. The summed E-state index contributed by atoms with van der Waals surface area (Å²) in [5.74, 6) is 0.189. The maximum atomic E-state index is 12.5. The summed E-state index contributed by atoms with van der Waals surface area (Å²) in [7, 11) is 0. The van der Waals surface area contributed by atoms with Crippen molar-refractivity contribution >= 4 is 17.5 Å². The van der Waals surface area contributed by atoms with Crippen LogP contribution in [0.1, 0.15) is 18.9 Å². The molecule has 0 aromatic heterocycles. The van der Waals surface area contributed by atoms with Crippen molar-refractivity contribution in [2.75, 3.05) is 26.3 Å². The minimum atomic E-state index is -0.543. The molecule has 4 nitrogen and oxygen atoms in total. The van der Waals surface area contributed by atoms with Gasteiger partial charge in [0.25, 0.3) is 0 Å². The fourth-order valence-corrected chi connectivity index (χ4v) is 6.14. The van der Waals surface area contributed by atoms with E-state index in [1.54, 1.807) is 18.7 Å². The fraction of sp³-hybridized carbons (Fsp3) is 0.529. The number of morpholine rings is 1. The first-order valence-corrected chi connectivity index (χ1v) is 8.54. The van der Waals surface area contributed by atoms with Crippen molar-refractivity contribution in [1.82, 2.24) is 4.90 Å². The Morgan fingerprint density at radius 1 is 1.41 bits per heavy atom. The third-order valence-corrected chi connectivity index (χ3v) is 7.08. The second-order valence-corrected chi connectivity index (χ2v) is 7.48. The van der Waals surface area contributed by atoms with Crippen molar-refractivity contribution in [2.45, 2.75) is 34.4 Å². The molecule has 0 spiro atoms. The van der Waals surface area contributed by atoms with Crippen molar-refractivity contribution in [2.24, 2.45) is 0 Å². The van der Waals surface area contributed by atoms with Crippen LogP contribution < -0.4 is 0 Å². The molecule has 4 rings (SSSR count). The van der Waals surface area contributed by atoms with Gasteiger partial charge in [0.15, 0.2) is 0 Å². The van der Waals surface area contributed by atoms with Gasteiger partial charge in [-0.3, -0.25) is 9.69 Å². The zero-order chi connectivity index (χ0) is 15.4. The van der Waals surface area contributed by atoms with Gasteiger partial charge in [-0.05, 0) is 25.0 Å². The molecule has 0 unspecified atom stereocenters. The summed E-state index contributed by atoms with van der Waals surface area (Å²) in [4.78, 5) is 15.9.